The van der Waals surface area contributed by atoms with E-state index in [1.807, 2.05) is 20.8 Å². The van der Waals surface area contributed by atoms with Crippen molar-refractivity contribution >= 4 is 11.8 Å². The summed E-state index contributed by atoms with van der Waals surface area (Å²) in [4.78, 5) is 25.8. The van der Waals surface area contributed by atoms with Crippen LogP contribution in [-0.2, 0) is 14.3 Å². The Morgan fingerprint density at radius 2 is 2.00 bits per heavy atom. The van der Waals surface area contributed by atoms with Crippen LogP contribution in [0, 0.1) is 5.92 Å². The minimum Gasteiger partial charge on any atom is -0.381 e. The second kappa shape index (κ2) is 8.37. The van der Waals surface area contributed by atoms with Crippen LogP contribution in [0.5, 0.6) is 0 Å². The summed E-state index contributed by atoms with van der Waals surface area (Å²) in [6.45, 7) is 10.7. The van der Waals surface area contributed by atoms with Gasteiger partial charge in [-0.05, 0) is 33.6 Å². The van der Waals surface area contributed by atoms with Crippen LogP contribution in [0.2, 0.25) is 0 Å². The molecular formula is C16H30N2O3. The zero-order chi connectivity index (χ0) is 15.9. The maximum absolute atomic E-state index is 12.1. The predicted molar refractivity (Wildman–Crippen MR) is 82.9 cm³/mol. The van der Waals surface area contributed by atoms with Gasteiger partial charge in [0.05, 0.1) is 5.92 Å². The average molecular weight is 298 g/mol. The normalized spacial score (nSPS) is 19.1. The number of hydrogen-bond acceptors (Lipinski definition) is 3. The molecule has 0 aromatic rings. The van der Waals surface area contributed by atoms with E-state index in [4.69, 9.17) is 4.74 Å². The highest BCUT2D eigenvalue weighted by Gasteiger charge is 2.39. The van der Waals surface area contributed by atoms with Crippen molar-refractivity contribution in [2.24, 2.45) is 5.92 Å². The van der Waals surface area contributed by atoms with Gasteiger partial charge in [-0.3, -0.25) is 9.59 Å². The van der Waals surface area contributed by atoms with Crippen molar-refractivity contribution in [3.63, 3.8) is 0 Å². The SMILES string of the molecule is CCCCOCCCNC(=O)C1CC(=O)N(C(C)(C)C)C1. The molecule has 0 aromatic heterocycles. The van der Waals surface area contributed by atoms with Gasteiger partial charge in [-0.15, -0.1) is 0 Å². The van der Waals surface area contributed by atoms with Crippen molar-refractivity contribution in [3.8, 4) is 0 Å². The van der Waals surface area contributed by atoms with Gasteiger partial charge in [-0.1, -0.05) is 13.3 Å². The summed E-state index contributed by atoms with van der Waals surface area (Å²) in [6, 6.07) is 0. The van der Waals surface area contributed by atoms with E-state index in [1.165, 1.54) is 0 Å². The van der Waals surface area contributed by atoms with E-state index in [2.05, 4.69) is 12.2 Å². The molecule has 0 spiro atoms. The smallest absolute Gasteiger partial charge is 0.225 e. The molecule has 21 heavy (non-hydrogen) atoms. The number of ether oxygens (including phenoxy) is 1. The van der Waals surface area contributed by atoms with Crippen molar-refractivity contribution in [1.29, 1.82) is 0 Å². The van der Waals surface area contributed by atoms with E-state index in [1.54, 1.807) is 4.90 Å². The summed E-state index contributed by atoms with van der Waals surface area (Å²) < 4.78 is 5.45. The van der Waals surface area contributed by atoms with Crippen molar-refractivity contribution < 1.29 is 14.3 Å². The Morgan fingerprint density at radius 1 is 1.33 bits per heavy atom. The van der Waals surface area contributed by atoms with E-state index in [0.717, 1.165) is 25.9 Å². The fourth-order valence-corrected chi connectivity index (χ4v) is 2.41. The molecule has 1 heterocycles. The summed E-state index contributed by atoms with van der Waals surface area (Å²) >= 11 is 0. The largest absolute Gasteiger partial charge is 0.381 e. The second-order valence-corrected chi connectivity index (χ2v) is 6.69. The number of amides is 2. The summed E-state index contributed by atoms with van der Waals surface area (Å²) in [5.74, 6) is -0.146. The van der Waals surface area contributed by atoms with Gasteiger partial charge in [0.25, 0.3) is 0 Å². The van der Waals surface area contributed by atoms with E-state index < -0.39 is 0 Å². The van der Waals surface area contributed by atoms with Crippen molar-refractivity contribution in [3.05, 3.63) is 0 Å². The maximum Gasteiger partial charge on any atom is 0.225 e. The van der Waals surface area contributed by atoms with Crippen LogP contribution in [-0.4, -0.2) is 48.6 Å². The first-order valence-electron chi connectivity index (χ1n) is 8.02. The second-order valence-electron chi connectivity index (χ2n) is 6.69. The van der Waals surface area contributed by atoms with Gasteiger partial charge in [0.15, 0.2) is 0 Å². The molecule has 1 fully saturated rings. The van der Waals surface area contributed by atoms with Gasteiger partial charge in [0.2, 0.25) is 11.8 Å². The van der Waals surface area contributed by atoms with Crippen LogP contribution in [0.1, 0.15) is 53.4 Å². The molecule has 1 saturated heterocycles. The Balaban J connectivity index is 2.20. The van der Waals surface area contributed by atoms with Crippen LogP contribution in [0.3, 0.4) is 0 Å². The summed E-state index contributed by atoms with van der Waals surface area (Å²) in [6.07, 6.45) is 3.37. The van der Waals surface area contributed by atoms with Gasteiger partial charge in [-0.25, -0.2) is 0 Å². The van der Waals surface area contributed by atoms with E-state index in [0.29, 0.717) is 26.1 Å². The molecule has 1 rings (SSSR count). The minimum absolute atomic E-state index is 0.0105. The monoisotopic (exact) mass is 298 g/mol. The molecule has 0 radical (unpaired) electrons. The fraction of sp³-hybridized carbons (Fsp3) is 0.875. The highest BCUT2D eigenvalue weighted by Crippen LogP contribution is 2.25. The van der Waals surface area contributed by atoms with Crippen molar-refractivity contribution in [2.75, 3.05) is 26.3 Å². The molecule has 0 saturated carbocycles. The molecule has 5 heteroatoms. The Kier molecular flexibility index (Phi) is 7.15. The van der Waals surface area contributed by atoms with Crippen LogP contribution < -0.4 is 5.32 Å². The molecule has 1 atom stereocenters. The molecule has 1 N–H and O–H groups in total. The number of hydrogen-bond donors (Lipinski definition) is 1. The van der Waals surface area contributed by atoms with Gasteiger partial charge >= 0.3 is 0 Å². The van der Waals surface area contributed by atoms with E-state index in [-0.39, 0.29) is 23.3 Å². The minimum atomic E-state index is -0.210. The summed E-state index contributed by atoms with van der Waals surface area (Å²) in [5, 5.41) is 2.91. The zero-order valence-corrected chi connectivity index (χ0v) is 13.9. The number of likely N-dealkylation sites (tertiary alicyclic amines) is 1. The van der Waals surface area contributed by atoms with Crippen LogP contribution in [0.25, 0.3) is 0 Å². The molecule has 1 unspecified atom stereocenters. The maximum atomic E-state index is 12.1. The van der Waals surface area contributed by atoms with Gasteiger partial charge in [-0.2, -0.15) is 0 Å². The van der Waals surface area contributed by atoms with Crippen LogP contribution >= 0.6 is 0 Å². The number of unbranched alkanes of at least 4 members (excludes halogenated alkanes) is 1. The molecular weight excluding hydrogens is 268 g/mol. The van der Waals surface area contributed by atoms with E-state index in [9.17, 15) is 9.59 Å². The highest BCUT2D eigenvalue weighted by atomic mass is 16.5. The van der Waals surface area contributed by atoms with E-state index >= 15 is 0 Å². The number of nitrogens with zero attached hydrogens (tertiary/aromatic N) is 1. The zero-order valence-electron chi connectivity index (χ0n) is 13.9. The molecule has 0 aromatic carbocycles. The summed E-state index contributed by atoms with van der Waals surface area (Å²) in [5.41, 5.74) is -0.209. The topological polar surface area (TPSA) is 58.6 Å². The van der Waals surface area contributed by atoms with Gasteiger partial charge < -0.3 is 15.0 Å². The van der Waals surface area contributed by atoms with Crippen LogP contribution in [0.15, 0.2) is 0 Å². The number of carbonyl (C=O) groups is 2. The van der Waals surface area contributed by atoms with Crippen molar-refractivity contribution in [1.82, 2.24) is 10.2 Å². The first kappa shape index (κ1) is 18.0. The number of carbonyl (C=O) groups excluding carboxylic acids is 2. The first-order chi connectivity index (χ1) is 9.86. The Bertz CT molecular complexity index is 350. The van der Waals surface area contributed by atoms with Gasteiger partial charge in [0.1, 0.15) is 0 Å². The lowest BCUT2D eigenvalue weighted by Gasteiger charge is -2.31. The molecule has 1 aliphatic heterocycles. The standard InChI is InChI=1S/C16H30N2O3/c1-5-6-9-21-10-7-8-17-15(20)13-11-14(19)18(12-13)16(2,3)4/h13H,5-12H2,1-4H3,(H,17,20). The third-order valence-electron chi connectivity index (χ3n) is 3.71. The third kappa shape index (κ3) is 6.04. The van der Waals surface area contributed by atoms with Crippen molar-refractivity contribution in [2.45, 2.75) is 58.9 Å². The first-order valence-corrected chi connectivity index (χ1v) is 8.02. The van der Waals surface area contributed by atoms with Crippen LogP contribution in [0.4, 0.5) is 0 Å². The van der Waals surface area contributed by atoms with Gasteiger partial charge in [0, 0.05) is 38.3 Å². The lowest BCUT2D eigenvalue weighted by Crippen LogP contribution is -2.43. The quantitative estimate of drug-likeness (QED) is 0.697. The lowest BCUT2D eigenvalue weighted by molar-refractivity contribution is -0.132. The molecule has 0 bridgehead atoms. The average Bonchev–Trinajstić information content (AvgIpc) is 2.79. The molecule has 122 valence electrons. The summed E-state index contributed by atoms with van der Waals surface area (Å²) in [7, 11) is 0. The lowest BCUT2D eigenvalue weighted by atomic mass is 10.1. The highest BCUT2D eigenvalue weighted by molar-refractivity contribution is 5.89. The Labute approximate surface area is 128 Å². The molecule has 0 aliphatic carbocycles. The molecule has 5 nitrogen and oxygen atoms in total. The fourth-order valence-electron chi connectivity index (χ4n) is 2.41. The Hall–Kier alpha value is -1.10. The number of rotatable bonds is 8. The predicted octanol–water partition coefficient (Wildman–Crippen LogP) is 1.96. The third-order valence-corrected chi connectivity index (χ3v) is 3.71. The number of nitrogens with one attached hydrogen (secondary N) is 1. The Morgan fingerprint density at radius 3 is 2.57 bits per heavy atom. The molecule has 1 aliphatic rings. The molecule has 2 amide bonds.